The molecule has 36 heavy (non-hydrogen) atoms. The molecule has 0 aliphatic carbocycles. The summed E-state index contributed by atoms with van der Waals surface area (Å²) in [7, 11) is 1.71. The fraction of sp³-hybridized carbons (Fsp3) is 0.583. The number of methoxy groups -OCH3 is 1. The van der Waals surface area contributed by atoms with E-state index in [0.29, 0.717) is 5.82 Å². The third-order valence-corrected chi connectivity index (χ3v) is 6.52. The lowest BCUT2D eigenvalue weighted by molar-refractivity contribution is -0.192. The van der Waals surface area contributed by atoms with Gasteiger partial charge in [0, 0.05) is 25.6 Å². The summed E-state index contributed by atoms with van der Waals surface area (Å²) in [4.78, 5) is 23.9. The predicted octanol–water partition coefficient (Wildman–Crippen LogP) is 3.29. The number of benzene rings is 1. The van der Waals surface area contributed by atoms with E-state index in [0.717, 1.165) is 63.4 Å². The van der Waals surface area contributed by atoms with Crippen LogP contribution in [0, 0.1) is 5.41 Å². The molecule has 12 heteroatoms. The molecule has 1 aromatic carbocycles. The summed E-state index contributed by atoms with van der Waals surface area (Å²) in [5, 5.41) is 18.5. The largest absolute Gasteiger partial charge is 0.497 e. The summed E-state index contributed by atoms with van der Waals surface area (Å²) in [6.07, 6.45) is -0.776. The maximum atomic E-state index is 12.5. The molecule has 1 amide bonds. The molecule has 198 valence electrons. The fourth-order valence-corrected chi connectivity index (χ4v) is 4.60. The van der Waals surface area contributed by atoms with Crippen molar-refractivity contribution in [3.05, 3.63) is 41.5 Å². The number of carboxylic acids is 1. The number of ether oxygens (including phenoxy) is 1. The molecule has 3 heterocycles. The van der Waals surface area contributed by atoms with Crippen LogP contribution in [-0.4, -0.2) is 69.1 Å². The minimum atomic E-state index is -5.08. The number of fused-ring (bicyclic) bond motifs is 1. The van der Waals surface area contributed by atoms with Crippen LogP contribution in [0.5, 0.6) is 5.75 Å². The average Bonchev–Trinajstić information content (AvgIpc) is 3.23. The molecule has 9 nitrogen and oxygen atoms in total. The summed E-state index contributed by atoms with van der Waals surface area (Å²) in [5.41, 5.74) is 1.53. The molecule has 0 bridgehead atoms. The molecule has 0 saturated carbocycles. The Balaban J connectivity index is 0.000000454. The number of halogens is 3. The van der Waals surface area contributed by atoms with Crippen molar-refractivity contribution in [2.75, 3.05) is 20.2 Å². The number of nitrogens with one attached hydrogen (secondary N) is 1. The third kappa shape index (κ3) is 6.96. The van der Waals surface area contributed by atoms with Gasteiger partial charge in [-0.1, -0.05) is 12.1 Å². The Labute approximate surface area is 207 Å². The summed E-state index contributed by atoms with van der Waals surface area (Å²) in [6.45, 7) is 7.87. The zero-order chi connectivity index (χ0) is 26.5. The average molecular weight is 512 g/mol. The van der Waals surface area contributed by atoms with Crippen LogP contribution in [0.4, 0.5) is 13.2 Å². The lowest BCUT2D eigenvalue weighted by Gasteiger charge is -2.44. The molecule has 4 rings (SSSR count). The minimum absolute atomic E-state index is 0.0906. The first-order valence-electron chi connectivity index (χ1n) is 11.8. The van der Waals surface area contributed by atoms with Crippen LogP contribution >= 0.6 is 0 Å². The smallest absolute Gasteiger partial charge is 0.490 e. The van der Waals surface area contributed by atoms with Crippen molar-refractivity contribution in [3.63, 3.8) is 0 Å². The van der Waals surface area contributed by atoms with E-state index in [-0.39, 0.29) is 17.4 Å². The molecule has 2 aliphatic rings. The van der Waals surface area contributed by atoms with Gasteiger partial charge in [-0.05, 0) is 69.3 Å². The van der Waals surface area contributed by atoms with Crippen LogP contribution in [0.15, 0.2) is 24.3 Å². The standard InChI is InChI=1S/C22H31N5O2.C2HF3O2/c1-16(2)23-21(28)20-25-24-19-7-8-22(15-27(19)20)9-11-26(12-10-22)14-17-5-4-6-18(13-17)29-3;3-2(4,5)1(6)7/h4-6,13,16H,7-12,14-15H2,1-3H3,(H,23,28);(H,6,7). The summed E-state index contributed by atoms with van der Waals surface area (Å²) in [5.74, 6) is -0.552. The van der Waals surface area contributed by atoms with Gasteiger partial charge in [-0.25, -0.2) is 4.79 Å². The Hall–Kier alpha value is -3.15. The van der Waals surface area contributed by atoms with Crippen LogP contribution in [0.3, 0.4) is 0 Å². The number of piperidine rings is 1. The fourth-order valence-electron chi connectivity index (χ4n) is 4.60. The molecular formula is C24H32F3N5O4. The first kappa shape index (κ1) is 27.4. The Morgan fingerprint density at radius 3 is 2.44 bits per heavy atom. The molecular weight excluding hydrogens is 479 g/mol. The highest BCUT2D eigenvalue weighted by Gasteiger charge is 2.40. The van der Waals surface area contributed by atoms with Crippen LogP contribution in [0.2, 0.25) is 0 Å². The quantitative estimate of drug-likeness (QED) is 0.634. The second-order valence-corrected chi connectivity index (χ2v) is 9.58. The molecule has 1 spiro atoms. The van der Waals surface area contributed by atoms with Gasteiger partial charge in [0.1, 0.15) is 11.6 Å². The van der Waals surface area contributed by atoms with Crippen molar-refractivity contribution in [1.82, 2.24) is 25.0 Å². The normalized spacial score (nSPS) is 17.2. The zero-order valence-corrected chi connectivity index (χ0v) is 20.6. The summed E-state index contributed by atoms with van der Waals surface area (Å²) in [6, 6.07) is 8.41. The van der Waals surface area contributed by atoms with Gasteiger partial charge in [0.15, 0.2) is 0 Å². The van der Waals surface area contributed by atoms with Gasteiger partial charge in [0.25, 0.3) is 5.91 Å². The number of carboxylic acid groups (broad SMARTS) is 1. The van der Waals surface area contributed by atoms with Gasteiger partial charge in [0.05, 0.1) is 7.11 Å². The number of aliphatic carboxylic acids is 1. The monoisotopic (exact) mass is 511 g/mol. The molecule has 0 radical (unpaired) electrons. The van der Waals surface area contributed by atoms with Crippen molar-refractivity contribution < 1.29 is 32.6 Å². The number of carbonyl (C=O) groups is 2. The number of rotatable bonds is 5. The van der Waals surface area contributed by atoms with Crippen LogP contribution < -0.4 is 10.1 Å². The second kappa shape index (κ2) is 11.3. The Kier molecular flexibility index (Phi) is 8.59. The number of alkyl halides is 3. The maximum Gasteiger partial charge on any atom is 0.490 e. The van der Waals surface area contributed by atoms with Crippen LogP contribution in [0.25, 0.3) is 0 Å². The molecule has 2 aliphatic heterocycles. The van der Waals surface area contributed by atoms with Gasteiger partial charge in [-0.3, -0.25) is 9.69 Å². The zero-order valence-electron chi connectivity index (χ0n) is 20.6. The molecule has 0 unspecified atom stereocenters. The number of carbonyl (C=O) groups excluding carboxylic acids is 1. The third-order valence-electron chi connectivity index (χ3n) is 6.52. The number of aryl methyl sites for hydroxylation is 1. The Morgan fingerprint density at radius 2 is 1.86 bits per heavy atom. The molecule has 1 fully saturated rings. The minimum Gasteiger partial charge on any atom is -0.497 e. The molecule has 0 atom stereocenters. The lowest BCUT2D eigenvalue weighted by Crippen LogP contribution is -2.45. The number of nitrogens with zero attached hydrogens (tertiary/aromatic N) is 4. The van der Waals surface area contributed by atoms with Gasteiger partial charge in [-0.15, -0.1) is 10.2 Å². The second-order valence-electron chi connectivity index (χ2n) is 9.58. The van der Waals surface area contributed by atoms with E-state index in [1.165, 1.54) is 5.56 Å². The highest BCUT2D eigenvalue weighted by Crippen LogP contribution is 2.41. The number of likely N-dealkylation sites (tertiary alicyclic amines) is 1. The van der Waals surface area contributed by atoms with Crippen LogP contribution in [-0.2, 0) is 24.3 Å². The highest BCUT2D eigenvalue weighted by atomic mass is 19.4. The topological polar surface area (TPSA) is 110 Å². The van der Waals surface area contributed by atoms with Gasteiger partial charge < -0.3 is 19.7 Å². The first-order chi connectivity index (χ1) is 16.9. The summed E-state index contributed by atoms with van der Waals surface area (Å²) >= 11 is 0. The van der Waals surface area contributed by atoms with Crippen molar-refractivity contribution in [3.8, 4) is 5.75 Å². The molecule has 2 N–H and O–H groups in total. The number of hydrogen-bond donors (Lipinski definition) is 2. The van der Waals surface area contributed by atoms with Crippen molar-refractivity contribution in [2.24, 2.45) is 5.41 Å². The number of hydrogen-bond acceptors (Lipinski definition) is 6. The van der Waals surface area contributed by atoms with Crippen molar-refractivity contribution >= 4 is 11.9 Å². The van der Waals surface area contributed by atoms with E-state index in [2.05, 4.69) is 43.2 Å². The molecule has 1 saturated heterocycles. The van der Waals surface area contributed by atoms with E-state index >= 15 is 0 Å². The van der Waals surface area contributed by atoms with E-state index in [1.54, 1.807) is 7.11 Å². The van der Waals surface area contributed by atoms with E-state index in [1.807, 2.05) is 19.9 Å². The highest BCUT2D eigenvalue weighted by molar-refractivity contribution is 5.90. The number of amides is 1. The van der Waals surface area contributed by atoms with Gasteiger partial charge in [0.2, 0.25) is 5.82 Å². The van der Waals surface area contributed by atoms with Crippen molar-refractivity contribution in [2.45, 2.75) is 64.8 Å². The Bertz CT molecular complexity index is 1060. The van der Waals surface area contributed by atoms with E-state index < -0.39 is 12.1 Å². The van der Waals surface area contributed by atoms with Crippen LogP contribution in [0.1, 0.15) is 55.1 Å². The first-order valence-corrected chi connectivity index (χ1v) is 11.8. The number of aromatic nitrogens is 3. The summed E-state index contributed by atoms with van der Waals surface area (Å²) < 4.78 is 39.2. The van der Waals surface area contributed by atoms with Crippen molar-refractivity contribution in [1.29, 1.82) is 0 Å². The molecule has 2 aromatic rings. The molecule has 1 aromatic heterocycles. The Morgan fingerprint density at radius 1 is 1.19 bits per heavy atom. The van der Waals surface area contributed by atoms with E-state index in [4.69, 9.17) is 14.6 Å². The van der Waals surface area contributed by atoms with Gasteiger partial charge in [-0.2, -0.15) is 13.2 Å². The maximum absolute atomic E-state index is 12.5. The van der Waals surface area contributed by atoms with E-state index in [9.17, 15) is 18.0 Å². The SMILES string of the molecule is COc1cccc(CN2CCC3(CCc4nnc(C(=O)NC(C)C)n4C3)CC2)c1.O=C(O)C(F)(F)F. The predicted molar refractivity (Wildman–Crippen MR) is 125 cm³/mol. The lowest BCUT2D eigenvalue weighted by atomic mass is 9.73. The van der Waals surface area contributed by atoms with Gasteiger partial charge >= 0.3 is 12.1 Å².